The van der Waals surface area contributed by atoms with Gasteiger partial charge in [0.1, 0.15) is 0 Å². The van der Waals surface area contributed by atoms with Crippen molar-refractivity contribution in [3.8, 4) is 0 Å². The predicted octanol–water partition coefficient (Wildman–Crippen LogP) is 7.37. The first kappa shape index (κ1) is 23.9. The average molecular weight is 400 g/mol. The molecule has 0 atom stereocenters. The molecule has 0 fully saturated rings. The summed E-state index contributed by atoms with van der Waals surface area (Å²) in [6.45, 7) is 11.5. The zero-order valence-electron chi connectivity index (χ0n) is 19.5. The molecule has 0 aliphatic rings. The molecule has 1 heterocycles. The summed E-state index contributed by atoms with van der Waals surface area (Å²) in [4.78, 5) is 7.30. The Balaban J connectivity index is 1.79. The van der Waals surface area contributed by atoms with Crippen molar-refractivity contribution < 1.29 is 0 Å². The highest BCUT2D eigenvalue weighted by molar-refractivity contribution is 5.75. The number of benzene rings is 1. The number of hydrogen-bond donors (Lipinski definition) is 0. The van der Waals surface area contributed by atoms with Crippen LogP contribution >= 0.6 is 0 Å². The van der Waals surface area contributed by atoms with Gasteiger partial charge in [0.2, 0.25) is 0 Å². The van der Waals surface area contributed by atoms with Gasteiger partial charge in [-0.15, -0.1) is 0 Å². The molecule has 0 unspecified atom stereocenters. The number of fused-ring (bicyclic) bond motifs is 1. The second-order valence-corrected chi connectivity index (χ2v) is 8.81. The number of imidazole rings is 1. The smallest absolute Gasteiger partial charge is 0.0958 e. The van der Waals surface area contributed by atoms with Gasteiger partial charge in [-0.1, -0.05) is 84.1 Å². The second-order valence-electron chi connectivity index (χ2n) is 8.81. The maximum absolute atomic E-state index is 4.59. The van der Waals surface area contributed by atoms with Crippen LogP contribution in [0.2, 0.25) is 0 Å². The Bertz CT molecular complexity index is 645. The van der Waals surface area contributed by atoms with Gasteiger partial charge >= 0.3 is 0 Å². The van der Waals surface area contributed by atoms with E-state index < -0.39 is 0 Å². The summed E-state index contributed by atoms with van der Waals surface area (Å²) in [5, 5.41) is 0. The Morgan fingerprint density at radius 2 is 1.34 bits per heavy atom. The molecule has 2 rings (SSSR count). The largest absolute Gasteiger partial charge is 0.329 e. The lowest BCUT2D eigenvalue weighted by Gasteiger charge is -2.23. The molecule has 0 aliphatic carbocycles. The molecular weight excluding hydrogens is 354 g/mol. The summed E-state index contributed by atoms with van der Waals surface area (Å²) in [5.41, 5.74) is 3.72. The summed E-state index contributed by atoms with van der Waals surface area (Å²) in [6, 6.07) is 6.57. The molecule has 0 spiro atoms. The van der Waals surface area contributed by atoms with Gasteiger partial charge in [0.15, 0.2) is 0 Å². The van der Waals surface area contributed by atoms with E-state index in [9.17, 15) is 0 Å². The summed E-state index contributed by atoms with van der Waals surface area (Å²) in [6.07, 6.45) is 18.6. The number of hydrogen-bond acceptors (Lipinski definition) is 2. The Hall–Kier alpha value is -1.35. The summed E-state index contributed by atoms with van der Waals surface area (Å²) < 4.78 is 2.35. The first-order chi connectivity index (χ1) is 14.2. The van der Waals surface area contributed by atoms with Crippen molar-refractivity contribution in [3.05, 3.63) is 30.1 Å². The molecule has 29 heavy (non-hydrogen) atoms. The Labute approximate surface area is 179 Å². The Kier molecular flexibility index (Phi) is 12.0. The standard InChI is InChI=1S/C26H45N3/c1-4-6-8-10-12-14-18-28(19-15-13-11-9-7-5-2)20-21-29-23-27-25-17-16-24(3)22-26(25)29/h16-17,22-23H,4-15,18-21H2,1-3H3. The molecule has 2 aromatic rings. The van der Waals surface area contributed by atoms with Gasteiger partial charge in [0.25, 0.3) is 0 Å². The van der Waals surface area contributed by atoms with Crippen molar-refractivity contribution in [1.82, 2.24) is 14.5 Å². The van der Waals surface area contributed by atoms with E-state index in [1.165, 1.54) is 101 Å². The quantitative estimate of drug-likeness (QED) is 0.259. The fraction of sp³-hybridized carbons (Fsp3) is 0.731. The van der Waals surface area contributed by atoms with Gasteiger partial charge in [-0.25, -0.2) is 4.98 Å². The van der Waals surface area contributed by atoms with Crippen LogP contribution in [0.25, 0.3) is 11.0 Å². The predicted molar refractivity (Wildman–Crippen MR) is 128 cm³/mol. The fourth-order valence-electron chi connectivity index (χ4n) is 4.16. The summed E-state index contributed by atoms with van der Waals surface area (Å²) in [5.74, 6) is 0. The minimum atomic E-state index is 1.05. The van der Waals surface area contributed by atoms with Crippen molar-refractivity contribution in [2.24, 2.45) is 0 Å². The second kappa shape index (κ2) is 14.6. The van der Waals surface area contributed by atoms with Gasteiger partial charge in [0, 0.05) is 13.1 Å². The lowest BCUT2D eigenvalue weighted by Crippen LogP contribution is -2.29. The number of unbranched alkanes of at least 4 members (excludes halogenated alkanes) is 10. The van der Waals surface area contributed by atoms with Crippen LogP contribution in [0.4, 0.5) is 0 Å². The SMILES string of the molecule is CCCCCCCCN(CCCCCCCC)CCn1cnc2ccc(C)cc21. The first-order valence-corrected chi connectivity index (χ1v) is 12.4. The van der Waals surface area contributed by atoms with Crippen molar-refractivity contribution >= 4 is 11.0 Å². The number of aryl methyl sites for hydroxylation is 1. The topological polar surface area (TPSA) is 21.1 Å². The van der Waals surface area contributed by atoms with E-state index in [2.05, 4.69) is 53.4 Å². The van der Waals surface area contributed by atoms with E-state index in [-0.39, 0.29) is 0 Å². The molecule has 3 heteroatoms. The lowest BCUT2D eigenvalue weighted by molar-refractivity contribution is 0.251. The molecule has 1 aromatic carbocycles. The fourth-order valence-corrected chi connectivity index (χ4v) is 4.16. The van der Waals surface area contributed by atoms with Gasteiger partial charge in [-0.2, -0.15) is 0 Å². The third-order valence-electron chi connectivity index (χ3n) is 6.09. The Morgan fingerprint density at radius 3 is 1.97 bits per heavy atom. The first-order valence-electron chi connectivity index (χ1n) is 12.4. The van der Waals surface area contributed by atoms with Crippen LogP contribution in [-0.2, 0) is 6.54 Å². The lowest BCUT2D eigenvalue weighted by atomic mass is 10.1. The van der Waals surface area contributed by atoms with Crippen LogP contribution < -0.4 is 0 Å². The van der Waals surface area contributed by atoms with Crippen molar-refractivity contribution in [3.63, 3.8) is 0 Å². The summed E-state index contributed by atoms with van der Waals surface area (Å²) in [7, 11) is 0. The molecule has 0 bridgehead atoms. The highest BCUT2D eigenvalue weighted by Crippen LogP contribution is 2.15. The monoisotopic (exact) mass is 399 g/mol. The third kappa shape index (κ3) is 9.33. The zero-order chi connectivity index (χ0) is 20.7. The van der Waals surface area contributed by atoms with Crippen molar-refractivity contribution in [1.29, 1.82) is 0 Å². The zero-order valence-corrected chi connectivity index (χ0v) is 19.5. The van der Waals surface area contributed by atoms with Gasteiger partial charge in [-0.05, 0) is 50.6 Å². The average Bonchev–Trinajstić information content (AvgIpc) is 3.12. The van der Waals surface area contributed by atoms with E-state index in [0.29, 0.717) is 0 Å². The molecule has 0 amide bonds. The molecule has 0 aliphatic heterocycles. The summed E-state index contributed by atoms with van der Waals surface area (Å²) >= 11 is 0. The Morgan fingerprint density at radius 1 is 0.759 bits per heavy atom. The van der Waals surface area contributed by atoms with Gasteiger partial charge in [-0.3, -0.25) is 0 Å². The van der Waals surface area contributed by atoms with Crippen LogP contribution in [0.5, 0.6) is 0 Å². The van der Waals surface area contributed by atoms with Crippen LogP contribution in [0.1, 0.15) is 96.5 Å². The highest BCUT2D eigenvalue weighted by atomic mass is 15.2. The van der Waals surface area contributed by atoms with Crippen LogP contribution in [0.15, 0.2) is 24.5 Å². The van der Waals surface area contributed by atoms with Crippen LogP contribution in [0, 0.1) is 6.92 Å². The number of rotatable bonds is 17. The van der Waals surface area contributed by atoms with Crippen LogP contribution in [-0.4, -0.2) is 34.1 Å². The molecule has 0 radical (unpaired) electrons. The minimum absolute atomic E-state index is 1.05. The molecule has 3 nitrogen and oxygen atoms in total. The van der Waals surface area contributed by atoms with Gasteiger partial charge < -0.3 is 9.47 Å². The van der Waals surface area contributed by atoms with E-state index >= 15 is 0 Å². The maximum Gasteiger partial charge on any atom is 0.0958 e. The molecule has 0 saturated heterocycles. The van der Waals surface area contributed by atoms with E-state index in [4.69, 9.17) is 0 Å². The van der Waals surface area contributed by atoms with E-state index in [1.807, 2.05) is 6.33 Å². The normalized spacial score (nSPS) is 11.7. The molecule has 1 aromatic heterocycles. The van der Waals surface area contributed by atoms with Crippen molar-refractivity contribution in [2.45, 2.75) is 104 Å². The molecule has 164 valence electrons. The third-order valence-corrected chi connectivity index (χ3v) is 6.09. The van der Waals surface area contributed by atoms with Crippen molar-refractivity contribution in [2.75, 3.05) is 19.6 Å². The van der Waals surface area contributed by atoms with E-state index in [0.717, 1.165) is 18.6 Å². The van der Waals surface area contributed by atoms with E-state index in [1.54, 1.807) is 0 Å². The van der Waals surface area contributed by atoms with Crippen LogP contribution in [0.3, 0.4) is 0 Å². The molecule has 0 saturated carbocycles. The highest BCUT2D eigenvalue weighted by Gasteiger charge is 2.08. The number of aromatic nitrogens is 2. The maximum atomic E-state index is 4.59. The molecular formula is C26H45N3. The van der Waals surface area contributed by atoms with Gasteiger partial charge in [0.05, 0.1) is 17.4 Å². The minimum Gasteiger partial charge on any atom is -0.329 e. The molecule has 0 N–H and O–H groups in total. The number of nitrogens with zero attached hydrogens (tertiary/aromatic N) is 3.